The number of hydrogen-bond acceptors (Lipinski definition) is 3. The zero-order valence-electron chi connectivity index (χ0n) is 12.5. The molecule has 21 heavy (non-hydrogen) atoms. The van der Waals surface area contributed by atoms with E-state index in [1.807, 2.05) is 18.2 Å². The number of benzene rings is 1. The molecule has 5 heteroatoms. The number of likely N-dealkylation sites (N-methyl/N-ethyl adjacent to an activating group) is 1. The van der Waals surface area contributed by atoms with Crippen LogP contribution in [0.5, 0.6) is 0 Å². The van der Waals surface area contributed by atoms with Crippen LogP contribution in [0.4, 0.5) is 4.79 Å². The second-order valence-electron chi connectivity index (χ2n) is 5.44. The van der Waals surface area contributed by atoms with E-state index in [1.165, 1.54) is 10.5 Å². The van der Waals surface area contributed by atoms with Crippen molar-refractivity contribution in [2.24, 2.45) is 5.92 Å². The van der Waals surface area contributed by atoms with E-state index in [1.54, 1.807) is 7.05 Å². The van der Waals surface area contributed by atoms with Crippen LogP contribution in [0.1, 0.15) is 24.5 Å². The number of hydrogen-bond donors (Lipinski definition) is 2. The topological polar surface area (TPSA) is 61.8 Å². The van der Waals surface area contributed by atoms with Crippen molar-refractivity contribution >= 4 is 6.03 Å². The molecule has 0 saturated carbocycles. The number of nitrogens with zero attached hydrogens (tertiary/aromatic N) is 1. The molecule has 0 bridgehead atoms. The molecule has 116 valence electrons. The summed E-state index contributed by atoms with van der Waals surface area (Å²) in [4.78, 5) is 13.4. The Morgan fingerprint density at radius 3 is 2.90 bits per heavy atom. The predicted octanol–water partition coefficient (Wildman–Crippen LogP) is 1.79. The maximum absolute atomic E-state index is 11.9. The van der Waals surface area contributed by atoms with Crippen molar-refractivity contribution in [2.45, 2.75) is 18.9 Å². The maximum Gasteiger partial charge on any atom is 0.317 e. The first kappa shape index (κ1) is 15.8. The van der Waals surface area contributed by atoms with Crippen LogP contribution in [-0.2, 0) is 4.74 Å². The third-order valence-corrected chi connectivity index (χ3v) is 3.87. The van der Waals surface area contributed by atoms with E-state index in [4.69, 9.17) is 9.84 Å². The van der Waals surface area contributed by atoms with E-state index in [0.29, 0.717) is 13.1 Å². The molecule has 2 rings (SSSR count). The van der Waals surface area contributed by atoms with Crippen molar-refractivity contribution in [1.82, 2.24) is 10.2 Å². The largest absolute Gasteiger partial charge is 0.395 e. The third kappa shape index (κ3) is 4.44. The summed E-state index contributed by atoms with van der Waals surface area (Å²) in [7, 11) is 1.68. The molecular weight excluding hydrogens is 268 g/mol. The first-order valence-electron chi connectivity index (χ1n) is 7.48. The summed E-state index contributed by atoms with van der Waals surface area (Å²) >= 11 is 0. The Bertz CT molecular complexity index is 438. The van der Waals surface area contributed by atoms with Crippen molar-refractivity contribution in [2.75, 3.05) is 33.4 Å². The average Bonchev–Trinajstić information content (AvgIpc) is 2.54. The number of aliphatic hydroxyl groups is 1. The van der Waals surface area contributed by atoms with Gasteiger partial charge in [0, 0.05) is 32.7 Å². The zero-order valence-corrected chi connectivity index (χ0v) is 12.5. The van der Waals surface area contributed by atoms with Gasteiger partial charge in [0.2, 0.25) is 0 Å². The molecule has 0 spiro atoms. The molecule has 2 unspecified atom stereocenters. The molecule has 2 N–H and O–H groups in total. The van der Waals surface area contributed by atoms with E-state index in [0.717, 1.165) is 19.4 Å². The summed E-state index contributed by atoms with van der Waals surface area (Å²) in [5.41, 5.74) is 1.17. The van der Waals surface area contributed by atoms with Crippen LogP contribution in [-0.4, -0.2) is 49.4 Å². The number of urea groups is 1. The molecule has 0 radical (unpaired) electrons. The molecule has 0 aliphatic carbocycles. The van der Waals surface area contributed by atoms with Gasteiger partial charge in [-0.05, 0) is 18.4 Å². The minimum Gasteiger partial charge on any atom is -0.395 e. The van der Waals surface area contributed by atoms with Gasteiger partial charge in [-0.25, -0.2) is 4.79 Å². The fourth-order valence-corrected chi connectivity index (χ4v) is 2.67. The van der Waals surface area contributed by atoms with Gasteiger partial charge in [-0.15, -0.1) is 0 Å². The average molecular weight is 292 g/mol. The van der Waals surface area contributed by atoms with Crippen molar-refractivity contribution in [3.63, 3.8) is 0 Å². The smallest absolute Gasteiger partial charge is 0.317 e. The molecule has 1 fully saturated rings. The van der Waals surface area contributed by atoms with Gasteiger partial charge in [-0.3, -0.25) is 0 Å². The van der Waals surface area contributed by atoms with Crippen LogP contribution >= 0.6 is 0 Å². The van der Waals surface area contributed by atoms with Crippen LogP contribution in [0.15, 0.2) is 30.3 Å². The van der Waals surface area contributed by atoms with Crippen molar-refractivity contribution < 1.29 is 14.6 Å². The van der Waals surface area contributed by atoms with Gasteiger partial charge in [0.15, 0.2) is 0 Å². The molecule has 1 aromatic carbocycles. The number of amides is 2. The van der Waals surface area contributed by atoms with Gasteiger partial charge < -0.3 is 20.1 Å². The van der Waals surface area contributed by atoms with Gasteiger partial charge in [0.05, 0.1) is 12.7 Å². The van der Waals surface area contributed by atoms with Crippen molar-refractivity contribution in [3.8, 4) is 0 Å². The summed E-state index contributed by atoms with van der Waals surface area (Å²) in [5.74, 6) is 0.285. The Kier molecular flexibility index (Phi) is 6.02. The second kappa shape index (κ2) is 8.00. The highest BCUT2D eigenvalue weighted by atomic mass is 16.5. The summed E-state index contributed by atoms with van der Waals surface area (Å²) in [6, 6.07) is 10.0. The Labute approximate surface area is 125 Å². The highest BCUT2D eigenvalue weighted by Gasteiger charge is 2.27. The third-order valence-electron chi connectivity index (χ3n) is 3.87. The summed E-state index contributed by atoms with van der Waals surface area (Å²) < 4.78 is 5.91. The maximum atomic E-state index is 11.9. The second-order valence-corrected chi connectivity index (χ2v) is 5.44. The number of aliphatic hydroxyl groups excluding tert-OH is 1. The van der Waals surface area contributed by atoms with Gasteiger partial charge >= 0.3 is 6.03 Å². The molecule has 2 atom stereocenters. The molecule has 1 aromatic rings. The van der Waals surface area contributed by atoms with Crippen LogP contribution in [0.25, 0.3) is 0 Å². The fourth-order valence-electron chi connectivity index (χ4n) is 2.67. The van der Waals surface area contributed by atoms with Crippen LogP contribution in [0.2, 0.25) is 0 Å². The molecule has 0 aromatic heterocycles. The number of rotatable bonds is 5. The Morgan fingerprint density at radius 1 is 1.43 bits per heavy atom. The number of nitrogens with one attached hydrogen (secondary N) is 1. The Morgan fingerprint density at radius 2 is 2.19 bits per heavy atom. The number of ether oxygens (including phenoxy) is 1. The molecule has 1 heterocycles. The normalized spacial score (nSPS) is 21.8. The first-order chi connectivity index (χ1) is 10.2. The minimum absolute atomic E-state index is 0.0247. The first-order valence-corrected chi connectivity index (χ1v) is 7.48. The highest BCUT2D eigenvalue weighted by molar-refractivity contribution is 5.73. The summed E-state index contributed by atoms with van der Waals surface area (Å²) in [6.45, 7) is 1.68. The Balaban J connectivity index is 1.92. The fraction of sp³-hybridized carbons (Fsp3) is 0.562. The quantitative estimate of drug-likeness (QED) is 0.869. The van der Waals surface area contributed by atoms with Crippen molar-refractivity contribution in [1.29, 1.82) is 0 Å². The van der Waals surface area contributed by atoms with E-state index in [2.05, 4.69) is 17.4 Å². The van der Waals surface area contributed by atoms with Gasteiger partial charge in [-0.2, -0.15) is 0 Å². The number of carbonyl (C=O) groups is 1. The molecule has 1 saturated heterocycles. The highest BCUT2D eigenvalue weighted by Crippen LogP contribution is 2.33. The standard InChI is InChI=1S/C16H24N2O3/c1-18(9-10-19)16(20)17-12-14-8-5-11-21-15(14)13-6-3-2-4-7-13/h2-4,6-7,14-15,19H,5,8-12H2,1H3,(H,17,20). The predicted molar refractivity (Wildman–Crippen MR) is 81.0 cm³/mol. The van der Waals surface area contributed by atoms with E-state index < -0.39 is 0 Å². The number of carbonyl (C=O) groups excluding carboxylic acids is 1. The van der Waals surface area contributed by atoms with Gasteiger partial charge in [0.1, 0.15) is 0 Å². The van der Waals surface area contributed by atoms with Gasteiger partial charge in [0.25, 0.3) is 0 Å². The summed E-state index contributed by atoms with van der Waals surface area (Å²) in [6.07, 6.45) is 2.11. The van der Waals surface area contributed by atoms with Crippen molar-refractivity contribution in [3.05, 3.63) is 35.9 Å². The minimum atomic E-state index is -0.151. The molecule has 5 nitrogen and oxygen atoms in total. The molecule has 2 amide bonds. The molecular formula is C16H24N2O3. The zero-order chi connectivity index (χ0) is 15.1. The lowest BCUT2D eigenvalue weighted by Crippen LogP contribution is -2.42. The lowest BCUT2D eigenvalue weighted by molar-refractivity contribution is -0.0271. The lowest BCUT2D eigenvalue weighted by Gasteiger charge is -2.32. The Hall–Kier alpha value is -1.59. The van der Waals surface area contributed by atoms with E-state index in [9.17, 15) is 4.79 Å². The van der Waals surface area contributed by atoms with Crippen LogP contribution in [0, 0.1) is 5.92 Å². The lowest BCUT2D eigenvalue weighted by atomic mass is 9.89. The summed E-state index contributed by atoms with van der Waals surface area (Å²) in [5, 5.41) is 11.8. The molecule has 1 aliphatic rings. The van der Waals surface area contributed by atoms with Crippen LogP contribution < -0.4 is 5.32 Å². The van der Waals surface area contributed by atoms with Gasteiger partial charge in [-0.1, -0.05) is 30.3 Å². The SMILES string of the molecule is CN(CCO)C(=O)NCC1CCCOC1c1ccccc1. The van der Waals surface area contributed by atoms with E-state index >= 15 is 0 Å². The van der Waals surface area contributed by atoms with E-state index in [-0.39, 0.29) is 24.7 Å². The monoisotopic (exact) mass is 292 g/mol. The van der Waals surface area contributed by atoms with Crippen LogP contribution in [0.3, 0.4) is 0 Å². The molecule has 1 aliphatic heterocycles.